The Bertz CT molecular complexity index is 1020. The molecule has 0 fully saturated rings. The van der Waals surface area contributed by atoms with Crippen LogP contribution in [0.5, 0.6) is 11.5 Å². The minimum Gasteiger partial charge on any atom is -0.494 e. The number of thiocarbonyl (C=S) groups is 1. The van der Waals surface area contributed by atoms with E-state index in [2.05, 4.69) is 15.8 Å². The number of hydrogen-bond donors (Lipinski definition) is 2. The summed E-state index contributed by atoms with van der Waals surface area (Å²) in [5, 5.41) is 7.52. The SMILES string of the molecule is CCCOc1ccc(C(=O)Oc2ccc(/C=N\NC(=S)Nc3ccccc3)cc2)cc1. The highest BCUT2D eigenvalue weighted by atomic mass is 32.1. The zero-order chi connectivity index (χ0) is 21.9. The smallest absolute Gasteiger partial charge is 0.343 e. The van der Waals surface area contributed by atoms with E-state index in [1.165, 1.54) is 0 Å². The molecule has 0 amide bonds. The molecule has 6 nitrogen and oxygen atoms in total. The molecule has 0 aromatic heterocycles. The Balaban J connectivity index is 1.48. The van der Waals surface area contributed by atoms with Crippen molar-refractivity contribution < 1.29 is 14.3 Å². The zero-order valence-electron chi connectivity index (χ0n) is 17.1. The number of rotatable bonds is 8. The van der Waals surface area contributed by atoms with Crippen molar-refractivity contribution >= 4 is 35.2 Å². The fraction of sp³-hybridized carbons (Fsp3) is 0.125. The summed E-state index contributed by atoms with van der Waals surface area (Å²) >= 11 is 5.19. The third-order valence-corrected chi connectivity index (χ3v) is 4.26. The second kappa shape index (κ2) is 11.5. The van der Waals surface area contributed by atoms with Gasteiger partial charge < -0.3 is 14.8 Å². The summed E-state index contributed by atoms with van der Waals surface area (Å²) in [6, 6.07) is 23.5. The quantitative estimate of drug-likeness (QED) is 0.171. The minimum absolute atomic E-state index is 0.388. The van der Waals surface area contributed by atoms with Gasteiger partial charge in [0.1, 0.15) is 11.5 Å². The van der Waals surface area contributed by atoms with Gasteiger partial charge in [-0.1, -0.05) is 25.1 Å². The number of ether oxygens (including phenoxy) is 2. The number of hydrogen-bond acceptors (Lipinski definition) is 5. The third-order valence-electron chi connectivity index (χ3n) is 4.06. The Labute approximate surface area is 186 Å². The molecule has 0 saturated heterocycles. The van der Waals surface area contributed by atoms with Gasteiger partial charge in [-0.05, 0) is 84.9 Å². The van der Waals surface area contributed by atoms with Crippen LogP contribution in [0.25, 0.3) is 0 Å². The number of para-hydroxylation sites is 1. The highest BCUT2D eigenvalue weighted by Crippen LogP contribution is 2.16. The van der Waals surface area contributed by atoms with Gasteiger partial charge in [0.25, 0.3) is 0 Å². The lowest BCUT2D eigenvalue weighted by molar-refractivity contribution is 0.0734. The molecule has 3 aromatic rings. The van der Waals surface area contributed by atoms with Crippen molar-refractivity contribution in [1.29, 1.82) is 0 Å². The van der Waals surface area contributed by atoms with E-state index in [1.54, 1.807) is 54.7 Å². The van der Waals surface area contributed by atoms with Crippen LogP contribution in [0.15, 0.2) is 84.0 Å². The van der Waals surface area contributed by atoms with E-state index in [0.717, 1.165) is 23.4 Å². The summed E-state index contributed by atoms with van der Waals surface area (Å²) < 4.78 is 10.9. The highest BCUT2D eigenvalue weighted by molar-refractivity contribution is 7.80. The van der Waals surface area contributed by atoms with E-state index in [-0.39, 0.29) is 0 Å². The average Bonchev–Trinajstić information content (AvgIpc) is 2.80. The van der Waals surface area contributed by atoms with Gasteiger partial charge in [-0.3, -0.25) is 5.43 Å². The number of carbonyl (C=O) groups is 1. The number of anilines is 1. The molecule has 0 aliphatic heterocycles. The number of nitrogens with one attached hydrogen (secondary N) is 2. The molecule has 0 bridgehead atoms. The first kappa shape index (κ1) is 22.0. The summed E-state index contributed by atoms with van der Waals surface area (Å²) in [5.74, 6) is 0.749. The van der Waals surface area contributed by atoms with Crippen molar-refractivity contribution in [3.05, 3.63) is 90.0 Å². The Morgan fingerprint density at radius 3 is 2.32 bits per heavy atom. The molecule has 0 atom stereocenters. The Kier molecular flexibility index (Phi) is 8.13. The molecule has 0 heterocycles. The molecule has 0 aliphatic rings. The molecular weight excluding hydrogens is 410 g/mol. The summed E-state index contributed by atoms with van der Waals surface area (Å²) in [7, 11) is 0. The van der Waals surface area contributed by atoms with E-state index in [9.17, 15) is 4.79 Å². The van der Waals surface area contributed by atoms with Crippen LogP contribution in [0.3, 0.4) is 0 Å². The van der Waals surface area contributed by atoms with Gasteiger partial charge in [0.15, 0.2) is 5.11 Å². The van der Waals surface area contributed by atoms with E-state index in [0.29, 0.717) is 23.0 Å². The topological polar surface area (TPSA) is 72.0 Å². The number of nitrogens with zero attached hydrogens (tertiary/aromatic N) is 1. The van der Waals surface area contributed by atoms with Crippen LogP contribution in [0.4, 0.5) is 5.69 Å². The molecule has 158 valence electrons. The summed E-state index contributed by atoms with van der Waals surface area (Å²) in [5.41, 5.74) is 4.92. The zero-order valence-corrected chi connectivity index (χ0v) is 17.9. The fourth-order valence-corrected chi connectivity index (χ4v) is 2.71. The molecule has 3 aromatic carbocycles. The van der Waals surface area contributed by atoms with Gasteiger partial charge >= 0.3 is 5.97 Å². The van der Waals surface area contributed by atoms with Crippen LogP contribution in [-0.4, -0.2) is 23.9 Å². The van der Waals surface area contributed by atoms with Crippen molar-refractivity contribution in [1.82, 2.24) is 5.43 Å². The molecule has 0 saturated carbocycles. The maximum Gasteiger partial charge on any atom is 0.343 e. The fourth-order valence-electron chi connectivity index (χ4n) is 2.54. The Morgan fingerprint density at radius 1 is 0.968 bits per heavy atom. The molecule has 31 heavy (non-hydrogen) atoms. The van der Waals surface area contributed by atoms with Gasteiger partial charge in [0.2, 0.25) is 0 Å². The monoisotopic (exact) mass is 433 g/mol. The van der Waals surface area contributed by atoms with Crippen LogP contribution in [0.1, 0.15) is 29.3 Å². The largest absolute Gasteiger partial charge is 0.494 e. The summed E-state index contributed by atoms with van der Waals surface area (Å²) in [6.07, 6.45) is 2.55. The van der Waals surface area contributed by atoms with Crippen LogP contribution in [0.2, 0.25) is 0 Å². The number of esters is 1. The van der Waals surface area contributed by atoms with Gasteiger partial charge in [-0.15, -0.1) is 0 Å². The second-order valence-corrected chi connectivity index (χ2v) is 6.93. The number of carbonyl (C=O) groups excluding carboxylic acids is 1. The van der Waals surface area contributed by atoms with Gasteiger partial charge in [-0.25, -0.2) is 4.79 Å². The van der Waals surface area contributed by atoms with Crippen LogP contribution >= 0.6 is 12.2 Å². The van der Waals surface area contributed by atoms with Crippen molar-refractivity contribution in [2.75, 3.05) is 11.9 Å². The first-order valence-electron chi connectivity index (χ1n) is 9.84. The van der Waals surface area contributed by atoms with Crippen molar-refractivity contribution in [2.45, 2.75) is 13.3 Å². The predicted molar refractivity (Wildman–Crippen MR) is 127 cm³/mol. The van der Waals surface area contributed by atoms with Gasteiger partial charge in [-0.2, -0.15) is 5.10 Å². The van der Waals surface area contributed by atoms with Crippen LogP contribution < -0.4 is 20.2 Å². The molecule has 2 N–H and O–H groups in total. The van der Waals surface area contributed by atoms with Gasteiger partial charge in [0.05, 0.1) is 18.4 Å². The Hall–Kier alpha value is -3.71. The van der Waals surface area contributed by atoms with E-state index in [1.807, 2.05) is 37.3 Å². The summed E-state index contributed by atoms with van der Waals surface area (Å²) in [4.78, 5) is 12.3. The highest BCUT2D eigenvalue weighted by Gasteiger charge is 2.08. The van der Waals surface area contributed by atoms with Crippen molar-refractivity contribution in [2.24, 2.45) is 5.10 Å². The van der Waals surface area contributed by atoms with E-state index < -0.39 is 5.97 Å². The summed E-state index contributed by atoms with van der Waals surface area (Å²) in [6.45, 7) is 2.68. The average molecular weight is 434 g/mol. The molecule has 0 unspecified atom stereocenters. The van der Waals surface area contributed by atoms with E-state index >= 15 is 0 Å². The number of hydrazone groups is 1. The van der Waals surface area contributed by atoms with E-state index in [4.69, 9.17) is 21.7 Å². The predicted octanol–water partition coefficient (Wildman–Crippen LogP) is 5.02. The van der Waals surface area contributed by atoms with Crippen LogP contribution in [-0.2, 0) is 0 Å². The van der Waals surface area contributed by atoms with Crippen LogP contribution in [0, 0.1) is 0 Å². The normalized spacial score (nSPS) is 10.5. The first-order valence-corrected chi connectivity index (χ1v) is 10.2. The first-order chi connectivity index (χ1) is 15.1. The molecule has 0 radical (unpaired) electrons. The third kappa shape index (κ3) is 7.24. The van der Waals surface area contributed by atoms with Gasteiger partial charge in [0, 0.05) is 5.69 Å². The molecule has 0 spiro atoms. The Morgan fingerprint density at radius 2 is 1.65 bits per heavy atom. The molecule has 0 aliphatic carbocycles. The minimum atomic E-state index is -0.428. The standard InChI is InChI=1S/C24H23N3O3S/c1-2-16-29-21-14-10-19(11-15-21)23(28)30-22-12-8-18(9-13-22)17-25-27-24(31)26-20-6-4-3-5-7-20/h3-15,17H,2,16H2,1H3,(H2,26,27,31)/b25-17-. The number of benzene rings is 3. The maximum absolute atomic E-state index is 12.3. The maximum atomic E-state index is 12.3. The van der Waals surface area contributed by atoms with Crippen molar-refractivity contribution in [3.8, 4) is 11.5 Å². The molecule has 3 rings (SSSR count). The molecule has 7 heteroatoms. The van der Waals surface area contributed by atoms with Crippen molar-refractivity contribution in [3.63, 3.8) is 0 Å². The molecular formula is C24H23N3O3S. The lowest BCUT2D eigenvalue weighted by Crippen LogP contribution is -2.23. The lowest BCUT2D eigenvalue weighted by atomic mass is 10.2. The lowest BCUT2D eigenvalue weighted by Gasteiger charge is -2.07. The second-order valence-electron chi connectivity index (χ2n) is 6.52.